The maximum absolute atomic E-state index is 2.44. The van der Waals surface area contributed by atoms with Crippen LogP contribution in [0, 0.1) is 6.04 Å². The van der Waals surface area contributed by atoms with Crippen LogP contribution in [0.2, 0.25) is 0 Å². The van der Waals surface area contributed by atoms with Crippen molar-refractivity contribution >= 4 is 5.69 Å². The molecule has 1 aliphatic heterocycles. The molecule has 0 unspecified atom stereocenters. The average Bonchev–Trinajstić information content (AvgIpc) is 2.76. The number of nitrogens with zero attached hydrogens (tertiary/aromatic N) is 1. The fraction of sp³-hybridized carbons (Fsp3) is 0.278. The molecule has 0 atom stereocenters. The Kier molecular flexibility index (Phi) is 3.29. The van der Waals surface area contributed by atoms with E-state index in [9.17, 15) is 0 Å². The number of rotatable bonds is 3. The lowest BCUT2D eigenvalue weighted by molar-refractivity contribution is 0.812. The van der Waals surface area contributed by atoms with Crippen LogP contribution in [0.4, 0.5) is 5.69 Å². The topological polar surface area (TPSA) is 3.24 Å². The van der Waals surface area contributed by atoms with Gasteiger partial charge < -0.3 is 4.90 Å². The molecule has 2 aromatic rings. The number of hydrogen-bond donors (Lipinski definition) is 0. The Balaban J connectivity index is 1.82. The van der Waals surface area contributed by atoms with E-state index in [0.717, 1.165) is 19.4 Å². The van der Waals surface area contributed by atoms with Gasteiger partial charge in [-0.15, -0.1) is 0 Å². The van der Waals surface area contributed by atoms with Gasteiger partial charge in [0.05, 0.1) is 6.04 Å². The minimum atomic E-state index is 0.979. The van der Waals surface area contributed by atoms with Crippen molar-refractivity contribution in [1.82, 2.24) is 0 Å². The van der Waals surface area contributed by atoms with Crippen molar-refractivity contribution in [3.63, 3.8) is 0 Å². The van der Waals surface area contributed by atoms with Crippen molar-refractivity contribution in [1.29, 1.82) is 0 Å². The lowest BCUT2D eigenvalue weighted by Gasteiger charge is -2.24. The number of benzene rings is 2. The molecule has 0 amide bonds. The van der Waals surface area contributed by atoms with Gasteiger partial charge in [-0.1, -0.05) is 49.4 Å². The van der Waals surface area contributed by atoms with Crippen LogP contribution in [0.25, 0.3) is 0 Å². The van der Waals surface area contributed by atoms with E-state index in [1.807, 2.05) is 0 Å². The quantitative estimate of drug-likeness (QED) is 0.782. The predicted octanol–water partition coefficient (Wildman–Crippen LogP) is 4.36. The molecule has 1 radical (unpaired) electrons. The van der Waals surface area contributed by atoms with Gasteiger partial charge in [-0.3, -0.25) is 0 Å². The third-order valence-electron chi connectivity index (χ3n) is 3.96. The fourth-order valence-corrected chi connectivity index (χ4v) is 2.78. The Morgan fingerprint density at radius 1 is 0.947 bits per heavy atom. The van der Waals surface area contributed by atoms with E-state index >= 15 is 0 Å². The van der Waals surface area contributed by atoms with Gasteiger partial charge in [0.2, 0.25) is 0 Å². The third-order valence-corrected chi connectivity index (χ3v) is 3.96. The van der Waals surface area contributed by atoms with Crippen LogP contribution in [-0.4, -0.2) is 0 Å². The van der Waals surface area contributed by atoms with Crippen molar-refractivity contribution in [2.75, 3.05) is 4.90 Å². The molecule has 97 valence electrons. The number of hydrogen-bond acceptors (Lipinski definition) is 1. The lowest BCUT2D eigenvalue weighted by atomic mass is 10.1. The second kappa shape index (κ2) is 5.08. The summed E-state index contributed by atoms with van der Waals surface area (Å²) in [6.07, 6.45) is 2.20. The molecule has 19 heavy (non-hydrogen) atoms. The molecule has 2 aromatic carbocycles. The van der Waals surface area contributed by atoms with Crippen molar-refractivity contribution in [2.24, 2.45) is 0 Å². The van der Waals surface area contributed by atoms with E-state index in [1.165, 1.54) is 28.4 Å². The summed E-state index contributed by atoms with van der Waals surface area (Å²) in [4.78, 5) is 2.44. The first-order chi connectivity index (χ1) is 9.28. The van der Waals surface area contributed by atoms with E-state index in [1.54, 1.807) is 0 Å². The third kappa shape index (κ3) is 2.37. The molecular formula is C18H20N. The first-order valence-corrected chi connectivity index (χ1v) is 7.03. The van der Waals surface area contributed by atoms with Crippen LogP contribution in [0.15, 0.2) is 48.5 Å². The van der Waals surface area contributed by atoms with Crippen molar-refractivity contribution in [2.45, 2.75) is 33.2 Å². The highest BCUT2D eigenvalue weighted by Crippen LogP contribution is 2.36. The Morgan fingerprint density at radius 2 is 1.63 bits per heavy atom. The van der Waals surface area contributed by atoms with Gasteiger partial charge in [-0.2, -0.15) is 0 Å². The first-order valence-electron chi connectivity index (χ1n) is 7.03. The van der Waals surface area contributed by atoms with E-state index in [2.05, 4.69) is 67.3 Å². The summed E-state index contributed by atoms with van der Waals surface area (Å²) in [6.45, 7) is 5.41. The highest BCUT2D eigenvalue weighted by atomic mass is 15.2. The molecule has 0 aliphatic carbocycles. The summed E-state index contributed by atoms with van der Waals surface area (Å²) < 4.78 is 0. The molecule has 1 aliphatic rings. The highest BCUT2D eigenvalue weighted by Gasteiger charge is 2.25. The van der Waals surface area contributed by atoms with Gasteiger partial charge >= 0.3 is 0 Å². The largest absolute Gasteiger partial charge is 0.359 e. The predicted molar refractivity (Wildman–Crippen MR) is 81.1 cm³/mol. The van der Waals surface area contributed by atoms with Gasteiger partial charge in [-0.25, -0.2) is 0 Å². The summed E-state index contributed by atoms with van der Waals surface area (Å²) in [7, 11) is 0. The maximum atomic E-state index is 2.44. The molecule has 3 rings (SSSR count). The van der Waals surface area contributed by atoms with E-state index in [-0.39, 0.29) is 0 Å². The van der Waals surface area contributed by atoms with Crippen LogP contribution in [-0.2, 0) is 19.4 Å². The SMILES string of the molecule is CCc1ccc(CN2[C](C)Cc3ccccc32)cc1. The zero-order valence-electron chi connectivity index (χ0n) is 11.7. The lowest BCUT2D eigenvalue weighted by Crippen LogP contribution is -2.22. The van der Waals surface area contributed by atoms with E-state index in [0.29, 0.717) is 0 Å². The summed E-state index contributed by atoms with van der Waals surface area (Å²) >= 11 is 0. The molecule has 0 spiro atoms. The van der Waals surface area contributed by atoms with Gasteiger partial charge in [-0.05, 0) is 42.5 Å². The summed E-state index contributed by atoms with van der Waals surface area (Å²) in [5, 5.41) is 0. The summed E-state index contributed by atoms with van der Waals surface area (Å²) in [6, 6.07) is 19.2. The summed E-state index contributed by atoms with van der Waals surface area (Å²) in [5.41, 5.74) is 5.62. The second-order valence-corrected chi connectivity index (χ2v) is 5.30. The minimum Gasteiger partial charge on any atom is -0.359 e. The molecular weight excluding hydrogens is 230 g/mol. The van der Waals surface area contributed by atoms with Crippen LogP contribution < -0.4 is 4.90 Å². The Hall–Kier alpha value is -1.76. The van der Waals surface area contributed by atoms with Gasteiger partial charge in [0.25, 0.3) is 0 Å². The van der Waals surface area contributed by atoms with Gasteiger partial charge in [0.1, 0.15) is 0 Å². The van der Waals surface area contributed by atoms with E-state index in [4.69, 9.17) is 0 Å². The molecule has 1 heteroatoms. The van der Waals surface area contributed by atoms with Crippen molar-refractivity contribution in [3.8, 4) is 0 Å². The maximum Gasteiger partial charge on any atom is 0.0650 e. The smallest absolute Gasteiger partial charge is 0.0650 e. The molecule has 1 heterocycles. The molecule has 0 N–H and O–H groups in total. The van der Waals surface area contributed by atoms with Gasteiger partial charge in [0, 0.05) is 12.2 Å². The molecule has 0 aromatic heterocycles. The van der Waals surface area contributed by atoms with E-state index < -0.39 is 0 Å². The normalized spacial score (nSPS) is 14.7. The minimum absolute atomic E-state index is 0.979. The zero-order valence-corrected chi connectivity index (χ0v) is 11.7. The van der Waals surface area contributed by atoms with Crippen LogP contribution in [0.5, 0.6) is 0 Å². The molecule has 0 bridgehead atoms. The molecule has 0 fully saturated rings. The number of fused-ring (bicyclic) bond motifs is 1. The Labute approximate surface area is 115 Å². The van der Waals surface area contributed by atoms with Crippen molar-refractivity contribution in [3.05, 3.63) is 71.3 Å². The standard InChI is InChI=1S/C18H20N/c1-3-15-8-10-16(11-9-15)13-19-14(2)12-17-6-4-5-7-18(17)19/h4-11H,3,12-13H2,1-2H3. The number of anilines is 1. The monoisotopic (exact) mass is 250 g/mol. The average molecular weight is 250 g/mol. The summed E-state index contributed by atoms with van der Waals surface area (Å²) in [5.74, 6) is 0. The van der Waals surface area contributed by atoms with Crippen LogP contribution in [0.3, 0.4) is 0 Å². The number of aryl methyl sites for hydroxylation is 1. The van der Waals surface area contributed by atoms with Crippen LogP contribution >= 0.6 is 0 Å². The number of para-hydroxylation sites is 1. The fourth-order valence-electron chi connectivity index (χ4n) is 2.78. The molecule has 0 saturated heterocycles. The van der Waals surface area contributed by atoms with Crippen molar-refractivity contribution < 1.29 is 0 Å². The second-order valence-electron chi connectivity index (χ2n) is 5.30. The zero-order chi connectivity index (χ0) is 13.2. The van der Waals surface area contributed by atoms with Gasteiger partial charge in [0.15, 0.2) is 0 Å². The molecule has 1 nitrogen and oxygen atoms in total. The first kappa shape index (κ1) is 12.3. The Morgan fingerprint density at radius 3 is 2.37 bits per heavy atom. The highest BCUT2D eigenvalue weighted by molar-refractivity contribution is 5.62. The van der Waals surface area contributed by atoms with Crippen LogP contribution in [0.1, 0.15) is 30.5 Å². The molecule has 0 saturated carbocycles. The Bertz CT molecular complexity index is 556.